The maximum absolute atomic E-state index is 14.4. The Hall–Kier alpha value is -4.08. The summed E-state index contributed by atoms with van der Waals surface area (Å²) in [7, 11) is -3.39. The van der Waals surface area contributed by atoms with E-state index in [1.54, 1.807) is 0 Å². The summed E-state index contributed by atoms with van der Waals surface area (Å²) in [6, 6.07) is 11.0. The van der Waals surface area contributed by atoms with Crippen LogP contribution in [-0.2, 0) is 14.8 Å². The molecule has 1 amide bonds. The summed E-state index contributed by atoms with van der Waals surface area (Å²) in [5.74, 6) is 0.478. The molecule has 0 aliphatic carbocycles. The smallest absolute Gasteiger partial charge is 0.227 e. The molecular formula is C28H27FN6O4S. The Kier molecular flexibility index (Phi) is 6.23. The first-order chi connectivity index (χ1) is 19.0. The Balaban J connectivity index is 1.52. The predicted octanol–water partition coefficient (Wildman–Crippen LogP) is 4.39. The van der Waals surface area contributed by atoms with Crippen molar-refractivity contribution in [3.63, 3.8) is 0 Å². The van der Waals surface area contributed by atoms with E-state index in [4.69, 9.17) is 9.51 Å². The number of hydrogen-bond acceptors (Lipinski definition) is 7. The average Bonchev–Trinajstić information content (AvgIpc) is 3.67. The van der Waals surface area contributed by atoms with Gasteiger partial charge in [0.15, 0.2) is 0 Å². The molecule has 2 aromatic carbocycles. The molecule has 40 heavy (non-hydrogen) atoms. The monoisotopic (exact) mass is 562 g/mol. The molecule has 2 aliphatic heterocycles. The molecule has 12 heteroatoms. The number of fused-ring (bicyclic) bond motifs is 1. The predicted molar refractivity (Wildman–Crippen MR) is 145 cm³/mol. The van der Waals surface area contributed by atoms with Gasteiger partial charge in [-0.2, -0.15) is 5.26 Å². The summed E-state index contributed by atoms with van der Waals surface area (Å²) in [5.41, 5.74) is 4.41. The van der Waals surface area contributed by atoms with E-state index in [9.17, 15) is 22.9 Å². The fraction of sp³-hybridized carbons (Fsp3) is 0.357. The molecule has 0 radical (unpaired) electrons. The van der Waals surface area contributed by atoms with Gasteiger partial charge in [0.05, 0.1) is 46.7 Å². The second-order valence-corrected chi connectivity index (χ2v) is 12.4. The van der Waals surface area contributed by atoms with Gasteiger partial charge in [-0.15, -0.1) is 0 Å². The van der Waals surface area contributed by atoms with Crippen LogP contribution in [0, 0.1) is 31.0 Å². The Morgan fingerprint density at radius 2 is 1.95 bits per heavy atom. The summed E-state index contributed by atoms with van der Waals surface area (Å²) < 4.78 is 48.0. The van der Waals surface area contributed by atoms with E-state index in [2.05, 4.69) is 5.16 Å². The first-order valence-corrected chi connectivity index (χ1v) is 14.8. The molecule has 206 valence electrons. The number of nitrogens with zero attached hydrogens (tertiary/aromatic N) is 6. The molecule has 0 N–H and O–H groups in total. The number of aryl methyl sites for hydroxylation is 2. The first kappa shape index (κ1) is 26.2. The molecule has 6 rings (SSSR count). The van der Waals surface area contributed by atoms with E-state index in [0.29, 0.717) is 42.2 Å². The number of carbonyl (C=O) groups excluding carboxylic acids is 1. The van der Waals surface area contributed by atoms with E-state index < -0.39 is 21.9 Å². The van der Waals surface area contributed by atoms with E-state index in [-0.39, 0.29) is 30.5 Å². The summed E-state index contributed by atoms with van der Waals surface area (Å²) in [6.45, 7) is 4.37. The van der Waals surface area contributed by atoms with Crippen LogP contribution in [0.1, 0.15) is 54.2 Å². The zero-order chi connectivity index (χ0) is 28.3. The molecular weight excluding hydrogens is 535 g/mol. The van der Waals surface area contributed by atoms with Crippen LogP contribution in [0.4, 0.5) is 10.1 Å². The molecule has 10 nitrogen and oxygen atoms in total. The quantitative estimate of drug-likeness (QED) is 0.353. The molecule has 2 atom stereocenters. The zero-order valence-electron chi connectivity index (χ0n) is 22.3. The number of carbonyl (C=O) groups is 1. The van der Waals surface area contributed by atoms with E-state index in [1.165, 1.54) is 27.6 Å². The summed E-state index contributed by atoms with van der Waals surface area (Å²) in [5, 5.41) is 13.5. The SMILES string of the molecule is Cc1noc(C)c1-c1ccc2c(c1)nc([C@@H]1CCC(=O)N1c1cc(F)cc(C#N)c1)n2[C@@H]1CCN(S(C)(=O)=O)C1. The van der Waals surface area contributed by atoms with Crippen LogP contribution in [0.5, 0.6) is 0 Å². The highest BCUT2D eigenvalue weighted by molar-refractivity contribution is 7.88. The van der Waals surface area contributed by atoms with Gasteiger partial charge in [0, 0.05) is 30.8 Å². The maximum Gasteiger partial charge on any atom is 0.227 e. The lowest BCUT2D eigenvalue weighted by Crippen LogP contribution is -2.31. The molecule has 0 unspecified atom stereocenters. The molecule has 0 spiro atoms. The van der Waals surface area contributed by atoms with Gasteiger partial charge in [0.25, 0.3) is 0 Å². The fourth-order valence-corrected chi connectivity index (χ4v) is 6.92. The van der Waals surface area contributed by atoms with Crippen LogP contribution >= 0.6 is 0 Å². The van der Waals surface area contributed by atoms with Crippen LogP contribution in [0.15, 0.2) is 40.9 Å². The Bertz CT molecular complexity index is 1800. The molecule has 0 saturated carbocycles. The van der Waals surface area contributed by atoms with Crippen molar-refractivity contribution in [3.8, 4) is 17.2 Å². The lowest BCUT2D eigenvalue weighted by molar-refractivity contribution is -0.117. The minimum atomic E-state index is -3.39. The third kappa shape index (κ3) is 4.35. The summed E-state index contributed by atoms with van der Waals surface area (Å²) in [6.07, 6.45) is 2.46. The third-order valence-corrected chi connectivity index (χ3v) is 9.07. The largest absolute Gasteiger partial charge is 0.361 e. The molecule has 2 fully saturated rings. The van der Waals surface area contributed by atoms with Gasteiger partial charge in [0.1, 0.15) is 17.4 Å². The van der Waals surface area contributed by atoms with Crippen molar-refractivity contribution in [3.05, 3.63) is 65.1 Å². The van der Waals surface area contributed by atoms with Gasteiger partial charge in [0.2, 0.25) is 15.9 Å². The van der Waals surface area contributed by atoms with Crippen molar-refractivity contribution >= 4 is 32.7 Å². The van der Waals surface area contributed by atoms with Crippen molar-refractivity contribution in [1.82, 2.24) is 19.0 Å². The van der Waals surface area contributed by atoms with Gasteiger partial charge in [-0.1, -0.05) is 11.2 Å². The summed E-state index contributed by atoms with van der Waals surface area (Å²) in [4.78, 5) is 19.7. The van der Waals surface area contributed by atoms with Crippen LogP contribution in [0.25, 0.3) is 22.2 Å². The molecule has 4 aromatic rings. The number of hydrogen-bond donors (Lipinski definition) is 0. The second kappa shape index (κ2) is 9.53. The molecule has 2 saturated heterocycles. The second-order valence-electron chi connectivity index (χ2n) is 10.4. The van der Waals surface area contributed by atoms with Crippen LogP contribution in [-0.4, -0.2) is 52.7 Å². The average molecular weight is 563 g/mol. The Labute approximate surface area is 230 Å². The number of aromatic nitrogens is 3. The number of rotatable bonds is 5. The van der Waals surface area contributed by atoms with Crippen LogP contribution < -0.4 is 4.90 Å². The minimum absolute atomic E-state index is 0.116. The number of benzene rings is 2. The van der Waals surface area contributed by atoms with E-state index in [0.717, 1.165) is 28.4 Å². The van der Waals surface area contributed by atoms with Crippen LogP contribution in [0.3, 0.4) is 0 Å². The van der Waals surface area contributed by atoms with Gasteiger partial charge in [-0.25, -0.2) is 22.1 Å². The topological polar surface area (TPSA) is 125 Å². The van der Waals surface area contributed by atoms with Gasteiger partial charge in [-0.05, 0) is 62.6 Å². The Morgan fingerprint density at radius 3 is 2.62 bits per heavy atom. The van der Waals surface area contributed by atoms with Crippen molar-refractivity contribution in [2.75, 3.05) is 24.2 Å². The zero-order valence-corrected chi connectivity index (χ0v) is 23.1. The number of halogens is 1. The maximum atomic E-state index is 14.4. The molecule has 0 bridgehead atoms. The number of sulfonamides is 1. The molecule has 4 heterocycles. The van der Waals surface area contributed by atoms with Gasteiger partial charge < -0.3 is 14.0 Å². The van der Waals surface area contributed by atoms with Gasteiger partial charge in [-0.3, -0.25) is 4.79 Å². The van der Waals surface area contributed by atoms with Crippen molar-refractivity contribution in [2.45, 2.75) is 45.2 Å². The highest BCUT2D eigenvalue weighted by Gasteiger charge is 2.40. The van der Waals surface area contributed by atoms with Crippen molar-refractivity contribution < 1.29 is 22.1 Å². The normalized spacial score (nSPS) is 20.1. The fourth-order valence-electron chi connectivity index (χ4n) is 6.04. The molecule has 2 aromatic heterocycles. The minimum Gasteiger partial charge on any atom is -0.361 e. The van der Waals surface area contributed by atoms with Crippen molar-refractivity contribution in [2.24, 2.45) is 0 Å². The highest BCUT2D eigenvalue weighted by atomic mass is 32.2. The standard InChI is InChI=1S/C28H27FN6O4S/c1-16-27(17(2)39-32-16)19-4-5-24-23(12-19)31-28(35(24)21-8-9-33(15-21)40(3,37)38)25-6-7-26(36)34(25)22-11-18(14-30)10-20(29)13-22/h4-5,10-13,21,25H,6-9,15H2,1-3H3/t21-,25+/m1/s1. The number of anilines is 1. The van der Waals surface area contributed by atoms with E-state index >= 15 is 0 Å². The molecule has 2 aliphatic rings. The highest BCUT2D eigenvalue weighted by Crippen LogP contribution is 2.41. The van der Waals surface area contributed by atoms with Crippen LogP contribution in [0.2, 0.25) is 0 Å². The third-order valence-electron chi connectivity index (χ3n) is 7.80. The lowest BCUT2D eigenvalue weighted by Gasteiger charge is -2.27. The number of imidazole rings is 1. The van der Waals surface area contributed by atoms with Gasteiger partial charge >= 0.3 is 0 Å². The first-order valence-electron chi connectivity index (χ1n) is 13.0. The van der Waals surface area contributed by atoms with Crippen molar-refractivity contribution in [1.29, 1.82) is 5.26 Å². The summed E-state index contributed by atoms with van der Waals surface area (Å²) >= 11 is 0. The number of nitriles is 1. The Morgan fingerprint density at radius 1 is 1.15 bits per heavy atom. The van der Waals surface area contributed by atoms with E-state index in [1.807, 2.05) is 42.7 Å². The number of amides is 1. The lowest BCUT2D eigenvalue weighted by atomic mass is 10.0.